The highest BCUT2D eigenvalue weighted by Gasteiger charge is 2.20. The van der Waals surface area contributed by atoms with Crippen LogP contribution in [0.1, 0.15) is 59.2 Å². The van der Waals surface area contributed by atoms with Gasteiger partial charge >= 0.3 is 5.97 Å². The van der Waals surface area contributed by atoms with Crippen molar-refractivity contribution in [1.29, 1.82) is 0 Å². The number of H-pyrrole nitrogens is 1. The van der Waals surface area contributed by atoms with Crippen molar-refractivity contribution in [3.8, 4) is 0 Å². The SMILES string of the molecule is CC(C)OC(=O)c1ccc(NC(=O)c2ccc3[nH]c4c(c3c2)C[C@@H](C)CC4)cc1. The summed E-state index contributed by atoms with van der Waals surface area (Å²) in [4.78, 5) is 28.2. The van der Waals surface area contributed by atoms with E-state index in [1.165, 1.54) is 17.7 Å². The fourth-order valence-corrected chi connectivity index (χ4v) is 3.91. The maximum Gasteiger partial charge on any atom is 0.338 e. The van der Waals surface area contributed by atoms with Crippen LogP contribution >= 0.6 is 0 Å². The van der Waals surface area contributed by atoms with Crippen molar-refractivity contribution in [3.05, 3.63) is 64.8 Å². The maximum absolute atomic E-state index is 12.8. The minimum atomic E-state index is -0.366. The number of aromatic amines is 1. The third-order valence-corrected chi connectivity index (χ3v) is 5.42. The number of anilines is 1. The van der Waals surface area contributed by atoms with Crippen LogP contribution in [-0.2, 0) is 17.6 Å². The number of nitrogens with one attached hydrogen (secondary N) is 2. The average molecular weight is 390 g/mol. The molecular weight excluding hydrogens is 364 g/mol. The Labute approximate surface area is 170 Å². The molecule has 1 aliphatic rings. The Hall–Kier alpha value is -3.08. The zero-order valence-corrected chi connectivity index (χ0v) is 17.0. The molecule has 3 aromatic rings. The number of ether oxygens (including phenoxy) is 1. The molecule has 1 amide bonds. The Kier molecular flexibility index (Phi) is 5.14. The summed E-state index contributed by atoms with van der Waals surface area (Å²) in [6, 6.07) is 12.6. The van der Waals surface area contributed by atoms with Gasteiger partial charge in [-0.2, -0.15) is 0 Å². The molecule has 0 saturated carbocycles. The van der Waals surface area contributed by atoms with Gasteiger partial charge in [0.05, 0.1) is 11.7 Å². The Bertz CT molecular complexity index is 1060. The number of aryl methyl sites for hydroxylation is 1. The smallest absolute Gasteiger partial charge is 0.338 e. The molecule has 1 aliphatic carbocycles. The zero-order valence-electron chi connectivity index (χ0n) is 17.0. The van der Waals surface area contributed by atoms with Crippen molar-refractivity contribution in [2.45, 2.75) is 46.1 Å². The summed E-state index contributed by atoms with van der Waals surface area (Å²) in [5, 5.41) is 4.05. The zero-order chi connectivity index (χ0) is 20.5. The van der Waals surface area contributed by atoms with Gasteiger partial charge in [0, 0.05) is 27.8 Å². The van der Waals surface area contributed by atoms with Crippen LogP contribution in [0.3, 0.4) is 0 Å². The normalized spacial score (nSPS) is 15.9. The summed E-state index contributed by atoms with van der Waals surface area (Å²) in [7, 11) is 0. The first-order valence-corrected chi connectivity index (χ1v) is 10.2. The first-order valence-electron chi connectivity index (χ1n) is 10.2. The van der Waals surface area contributed by atoms with E-state index >= 15 is 0 Å². The largest absolute Gasteiger partial charge is 0.459 e. The van der Waals surface area contributed by atoms with Crippen LogP contribution in [0.4, 0.5) is 5.69 Å². The molecule has 0 saturated heterocycles. The number of aromatic nitrogens is 1. The molecule has 2 aromatic carbocycles. The van der Waals surface area contributed by atoms with E-state index in [0.29, 0.717) is 22.7 Å². The third kappa shape index (κ3) is 4.04. The lowest BCUT2D eigenvalue weighted by molar-refractivity contribution is 0.0378. The lowest BCUT2D eigenvalue weighted by atomic mass is 9.87. The average Bonchev–Trinajstić information content (AvgIpc) is 3.05. The van der Waals surface area contributed by atoms with Crippen molar-refractivity contribution in [2.24, 2.45) is 5.92 Å². The van der Waals surface area contributed by atoms with Gasteiger partial charge in [-0.1, -0.05) is 6.92 Å². The Morgan fingerprint density at radius 2 is 1.83 bits per heavy atom. The Morgan fingerprint density at radius 3 is 2.55 bits per heavy atom. The molecule has 0 radical (unpaired) electrons. The molecule has 4 rings (SSSR count). The van der Waals surface area contributed by atoms with Crippen LogP contribution in [0, 0.1) is 5.92 Å². The molecule has 2 N–H and O–H groups in total. The van der Waals surface area contributed by atoms with Gasteiger partial charge in [-0.05, 0) is 87.1 Å². The van der Waals surface area contributed by atoms with E-state index in [2.05, 4.69) is 17.2 Å². The summed E-state index contributed by atoms with van der Waals surface area (Å²) in [5.74, 6) is 0.137. The third-order valence-electron chi connectivity index (χ3n) is 5.42. The second-order valence-electron chi connectivity index (χ2n) is 8.18. The van der Waals surface area contributed by atoms with Crippen LogP contribution in [0.25, 0.3) is 10.9 Å². The van der Waals surface area contributed by atoms with Crippen molar-refractivity contribution >= 4 is 28.5 Å². The molecule has 5 nitrogen and oxygen atoms in total. The van der Waals surface area contributed by atoms with E-state index in [0.717, 1.165) is 23.7 Å². The van der Waals surface area contributed by atoms with Crippen LogP contribution in [0.2, 0.25) is 0 Å². The highest BCUT2D eigenvalue weighted by molar-refractivity contribution is 6.06. The fraction of sp³-hybridized carbons (Fsp3) is 0.333. The molecule has 29 heavy (non-hydrogen) atoms. The first kappa shape index (κ1) is 19.2. The molecule has 0 spiro atoms. The van der Waals surface area contributed by atoms with Crippen molar-refractivity contribution in [2.75, 3.05) is 5.32 Å². The molecule has 1 atom stereocenters. The maximum atomic E-state index is 12.8. The number of hydrogen-bond donors (Lipinski definition) is 2. The monoisotopic (exact) mass is 390 g/mol. The van der Waals surface area contributed by atoms with Gasteiger partial charge < -0.3 is 15.0 Å². The number of rotatable bonds is 4. The van der Waals surface area contributed by atoms with E-state index in [1.54, 1.807) is 24.3 Å². The Morgan fingerprint density at radius 1 is 1.10 bits per heavy atom. The molecule has 0 fully saturated rings. The van der Waals surface area contributed by atoms with Gasteiger partial charge in [-0.25, -0.2) is 4.79 Å². The summed E-state index contributed by atoms with van der Waals surface area (Å²) in [6.45, 7) is 5.90. The van der Waals surface area contributed by atoms with Gasteiger partial charge in [-0.3, -0.25) is 4.79 Å². The number of carbonyl (C=O) groups is 2. The number of amides is 1. The van der Waals surface area contributed by atoms with Gasteiger partial charge in [0.2, 0.25) is 0 Å². The number of hydrogen-bond acceptors (Lipinski definition) is 3. The van der Waals surface area contributed by atoms with Crippen molar-refractivity contribution < 1.29 is 14.3 Å². The highest BCUT2D eigenvalue weighted by atomic mass is 16.5. The van der Waals surface area contributed by atoms with E-state index in [1.807, 2.05) is 32.0 Å². The van der Waals surface area contributed by atoms with Gasteiger partial charge in [0.25, 0.3) is 5.91 Å². The lowest BCUT2D eigenvalue weighted by Crippen LogP contribution is -2.13. The topological polar surface area (TPSA) is 71.2 Å². The summed E-state index contributed by atoms with van der Waals surface area (Å²) in [5.41, 5.74) is 5.47. The molecule has 1 aromatic heterocycles. The van der Waals surface area contributed by atoms with E-state index in [-0.39, 0.29) is 18.0 Å². The molecule has 0 unspecified atom stereocenters. The number of esters is 1. The molecule has 1 heterocycles. The standard InChI is InChI=1S/C24H26N2O3/c1-14(2)29-24(28)16-5-8-18(9-6-16)25-23(27)17-7-11-22-20(13-17)19-12-15(3)4-10-21(19)26-22/h5-9,11,13-15,26H,4,10,12H2,1-3H3,(H,25,27)/t15-/m0/s1. The summed E-state index contributed by atoms with van der Waals surface area (Å²) < 4.78 is 5.18. The lowest BCUT2D eigenvalue weighted by Gasteiger charge is -2.18. The molecule has 0 bridgehead atoms. The molecule has 5 heteroatoms. The van der Waals surface area contributed by atoms with Crippen LogP contribution in [-0.4, -0.2) is 23.0 Å². The predicted molar refractivity (Wildman–Crippen MR) is 114 cm³/mol. The first-order chi connectivity index (χ1) is 13.9. The van der Waals surface area contributed by atoms with Gasteiger partial charge in [-0.15, -0.1) is 0 Å². The minimum absolute atomic E-state index is 0.164. The van der Waals surface area contributed by atoms with Crippen molar-refractivity contribution in [1.82, 2.24) is 4.98 Å². The van der Waals surface area contributed by atoms with E-state index < -0.39 is 0 Å². The number of benzene rings is 2. The van der Waals surface area contributed by atoms with Gasteiger partial charge in [0.1, 0.15) is 0 Å². The Balaban J connectivity index is 1.52. The fourth-order valence-electron chi connectivity index (χ4n) is 3.91. The van der Waals surface area contributed by atoms with Crippen LogP contribution < -0.4 is 5.32 Å². The second kappa shape index (κ2) is 7.74. The van der Waals surface area contributed by atoms with Crippen molar-refractivity contribution in [3.63, 3.8) is 0 Å². The minimum Gasteiger partial charge on any atom is -0.459 e. The van der Waals surface area contributed by atoms with Gasteiger partial charge in [0.15, 0.2) is 0 Å². The molecule has 0 aliphatic heterocycles. The number of fused-ring (bicyclic) bond motifs is 3. The summed E-state index contributed by atoms with van der Waals surface area (Å²) >= 11 is 0. The van der Waals surface area contributed by atoms with Crippen LogP contribution in [0.5, 0.6) is 0 Å². The summed E-state index contributed by atoms with van der Waals surface area (Å²) in [6.07, 6.45) is 3.15. The second-order valence-corrected chi connectivity index (χ2v) is 8.18. The van der Waals surface area contributed by atoms with Crippen LogP contribution in [0.15, 0.2) is 42.5 Å². The molecule has 150 valence electrons. The van der Waals surface area contributed by atoms with E-state index in [4.69, 9.17) is 4.74 Å². The number of carbonyl (C=O) groups excluding carboxylic acids is 2. The molecular formula is C24H26N2O3. The van der Waals surface area contributed by atoms with E-state index in [9.17, 15) is 9.59 Å². The highest BCUT2D eigenvalue weighted by Crippen LogP contribution is 2.32. The quantitative estimate of drug-likeness (QED) is 0.608. The predicted octanol–water partition coefficient (Wildman–Crippen LogP) is 5.11.